The van der Waals surface area contributed by atoms with Crippen molar-refractivity contribution in [3.63, 3.8) is 0 Å². The van der Waals surface area contributed by atoms with E-state index < -0.39 is 0 Å². The average molecular weight is 189 g/mol. The molecule has 1 aliphatic carbocycles. The van der Waals surface area contributed by atoms with Crippen molar-refractivity contribution in [2.24, 2.45) is 5.73 Å². The first kappa shape index (κ1) is 9.72. The zero-order chi connectivity index (χ0) is 10.1. The highest BCUT2D eigenvalue weighted by molar-refractivity contribution is 5.43. The second kappa shape index (κ2) is 3.74. The fraction of sp³-hybridized carbons (Fsp3) is 0.538. The smallest absolute Gasteiger partial charge is 0.0120 e. The number of fused-ring (bicyclic) bond motifs is 1. The van der Waals surface area contributed by atoms with Crippen molar-refractivity contribution >= 4 is 0 Å². The summed E-state index contributed by atoms with van der Waals surface area (Å²) in [6, 6.07) is 5.07. The molecule has 1 aromatic rings. The number of benzene rings is 1. The third kappa shape index (κ3) is 1.57. The van der Waals surface area contributed by atoms with Crippen LogP contribution in [0.25, 0.3) is 0 Å². The van der Waals surface area contributed by atoms with Gasteiger partial charge >= 0.3 is 0 Å². The quantitative estimate of drug-likeness (QED) is 0.758. The normalized spacial score (nSPS) is 19.8. The SMILES string of the molecule is CCc1cc(CC)c2c(c1)CC(N)C2. The number of aryl methyl sites for hydroxylation is 2. The highest BCUT2D eigenvalue weighted by Gasteiger charge is 2.20. The van der Waals surface area contributed by atoms with E-state index in [0.717, 1.165) is 25.7 Å². The first-order chi connectivity index (χ1) is 6.74. The highest BCUT2D eigenvalue weighted by Crippen LogP contribution is 2.27. The molecule has 0 saturated carbocycles. The fourth-order valence-corrected chi connectivity index (χ4v) is 2.45. The van der Waals surface area contributed by atoms with Crippen LogP contribution in [0.4, 0.5) is 0 Å². The topological polar surface area (TPSA) is 26.0 Å². The van der Waals surface area contributed by atoms with Crippen LogP contribution < -0.4 is 5.73 Å². The van der Waals surface area contributed by atoms with Crippen molar-refractivity contribution in [3.8, 4) is 0 Å². The molecule has 2 rings (SSSR count). The lowest BCUT2D eigenvalue weighted by Gasteiger charge is -2.08. The average Bonchev–Trinajstić information content (AvgIpc) is 2.56. The number of hydrogen-bond acceptors (Lipinski definition) is 1. The molecule has 0 saturated heterocycles. The third-order valence-corrected chi connectivity index (χ3v) is 3.23. The lowest BCUT2D eigenvalue weighted by molar-refractivity contribution is 0.719. The van der Waals surface area contributed by atoms with E-state index in [1.54, 1.807) is 0 Å². The fourth-order valence-electron chi connectivity index (χ4n) is 2.45. The van der Waals surface area contributed by atoms with E-state index in [2.05, 4.69) is 26.0 Å². The molecule has 2 N–H and O–H groups in total. The zero-order valence-electron chi connectivity index (χ0n) is 9.14. The highest BCUT2D eigenvalue weighted by atomic mass is 14.6. The minimum atomic E-state index is 0.363. The summed E-state index contributed by atoms with van der Waals surface area (Å²) in [6.45, 7) is 4.45. The van der Waals surface area contributed by atoms with Crippen molar-refractivity contribution in [2.75, 3.05) is 0 Å². The molecule has 0 heterocycles. The van der Waals surface area contributed by atoms with Crippen LogP contribution in [0.2, 0.25) is 0 Å². The molecule has 0 aromatic heterocycles. The van der Waals surface area contributed by atoms with Crippen LogP contribution >= 0.6 is 0 Å². The molecule has 76 valence electrons. The number of nitrogens with two attached hydrogens (primary N) is 1. The van der Waals surface area contributed by atoms with E-state index in [1.165, 1.54) is 22.3 Å². The molecule has 0 aliphatic heterocycles. The molecule has 1 aromatic carbocycles. The molecule has 0 bridgehead atoms. The lowest BCUT2D eigenvalue weighted by atomic mass is 9.97. The van der Waals surface area contributed by atoms with Crippen molar-refractivity contribution in [2.45, 2.75) is 45.6 Å². The van der Waals surface area contributed by atoms with Crippen molar-refractivity contribution in [3.05, 3.63) is 34.4 Å². The molecule has 1 nitrogen and oxygen atoms in total. The maximum atomic E-state index is 6.00. The minimum Gasteiger partial charge on any atom is -0.327 e. The molecule has 0 fully saturated rings. The van der Waals surface area contributed by atoms with Crippen LogP contribution in [0.5, 0.6) is 0 Å². The van der Waals surface area contributed by atoms with Gasteiger partial charge < -0.3 is 5.73 Å². The molecular weight excluding hydrogens is 170 g/mol. The molecule has 0 amide bonds. The second-order valence-corrected chi connectivity index (χ2v) is 4.27. The van der Waals surface area contributed by atoms with Crippen LogP contribution in [0.3, 0.4) is 0 Å². The molecule has 1 aliphatic rings. The minimum absolute atomic E-state index is 0.363. The van der Waals surface area contributed by atoms with Crippen LogP contribution in [0, 0.1) is 0 Å². The predicted molar refractivity (Wildman–Crippen MR) is 60.6 cm³/mol. The maximum absolute atomic E-state index is 6.00. The van der Waals surface area contributed by atoms with Gasteiger partial charge in [-0.15, -0.1) is 0 Å². The van der Waals surface area contributed by atoms with Crippen LogP contribution in [-0.2, 0) is 25.7 Å². The Morgan fingerprint density at radius 2 is 2.00 bits per heavy atom. The van der Waals surface area contributed by atoms with Gasteiger partial charge in [-0.05, 0) is 47.9 Å². The van der Waals surface area contributed by atoms with E-state index >= 15 is 0 Å². The summed E-state index contributed by atoms with van der Waals surface area (Å²) in [5, 5.41) is 0. The largest absolute Gasteiger partial charge is 0.327 e. The zero-order valence-corrected chi connectivity index (χ0v) is 9.14. The first-order valence-corrected chi connectivity index (χ1v) is 5.63. The van der Waals surface area contributed by atoms with E-state index in [9.17, 15) is 0 Å². The molecule has 1 heteroatoms. The molecule has 0 spiro atoms. The van der Waals surface area contributed by atoms with Crippen molar-refractivity contribution < 1.29 is 0 Å². The lowest BCUT2D eigenvalue weighted by Crippen LogP contribution is -2.19. The van der Waals surface area contributed by atoms with Crippen molar-refractivity contribution in [1.82, 2.24) is 0 Å². The van der Waals surface area contributed by atoms with Gasteiger partial charge in [-0.3, -0.25) is 0 Å². The summed E-state index contributed by atoms with van der Waals surface area (Å²) in [4.78, 5) is 0. The predicted octanol–water partition coefficient (Wildman–Crippen LogP) is 2.24. The van der Waals surface area contributed by atoms with E-state index in [4.69, 9.17) is 5.73 Å². The van der Waals surface area contributed by atoms with Gasteiger partial charge in [0.25, 0.3) is 0 Å². The standard InChI is InChI=1S/C13H19N/c1-3-9-5-10(4-2)13-8-12(14)7-11(13)6-9/h5-6,12H,3-4,7-8,14H2,1-2H3. The molecular formula is C13H19N. The van der Waals surface area contributed by atoms with Crippen molar-refractivity contribution in [1.29, 1.82) is 0 Å². The van der Waals surface area contributed by atoms with Gasteiger partial charge in [0.1, 0.15) is 0 Å². The molecule has 14 heavy (non-hydrogen) atoms. The maximum Gasteiger partial charge on any atom is 0.0120 e. The Kier molecular flexibility index (Phi) is 2.60. The summed E-state index contributed by atoms with van der Waals surface area (Å²) in [6.07, 6.45) is 4.44. The first-order valence-electron chi connectivity index (χ1n) is 5.63. The van der Waals surface area contributed by atoms with E-state index in [0.29, 0.717) is 6.04 Å². The third-order valence-electron chi connectivity index (χ3n) is 3.23. The number of rotatable bonds is 2. The molecule has 1 atom stereocenters. The van der Waals surface area contributed by atoms with Crippen LogP contribution in [-0.4, -0.2) is 6.04 Å². The van der Waals surface area contributed by atoms with E-state index in [1.807, 2.05) is 0 Å². The Balaban J connectivity index is 2.46. The summed E-state index contributed by atoms with van der Waals surface area (Å²) >= 11 is 0. The summed E-state index contributed by atoms with van der Waals surface area (Å²) < 4.78 is 0. The van der Waals surface area contributed by atoms with Gasteiger partial charge in [0.15, 0.2) is 0 Å². The monoisotopic (exact) mass is 189 g/mol. The van der Waals surface area contributed by atoms with Crippen LogP contribution in [0.1, 0.15) is 36.1 Å². The Bertz CT molecular complexity index is 341. The van der Waals surface area contributed by atoms with Gasteiger partial charge in [0.05, 0.1) is 0 Å². The summed E-state index contributed by atoms with van der Waals surface area (Å²) in [5.74, 6) is 0. The second-order valence-electron chi connectivity index (χ2n) is 4.27. The Morgan fingerprint density at radius 3 is 2.64 bits per heavy atom. The Hall–Kier alpha value is -0.820. The van der Waals surface area contributed by atoms with Crippen LogP contribution in [0.15, 0.2) is 12.1 Å². The van der Waals surface area contributed by atoms with Gasteiger partial charge in [0, 0.05) is 6.04 Å². The molecule has 1 unspecified atom stereocenters. The summed E-state index contributed by atoms with van der Waals surface area (Å²) in [5.41, 5.74) is 12.0. The number of hydrogen-bond donors (Lipinski definition) is 1. The Morgan fingerprint density at radius 1 is 1.21 bits per heavy atom. The summed E-state index contributed by atoms with van der Waals surface area (Å²) in [7, 11) is 0. The van der Waals surface area contributed by atoms with Gasteiger partial charge in [-0.1, -0.05) is 26.0 Å². The van der Waals surface area contributed by atoms with E-state index in [-0.39, 0.29) is 0 Å². The van der Waals surface area contributed by atoms with Gasteiger partial charge in [-0.2, -0.15) is 0 Å². The Labute approximate surface area is 86.3 Å². The van der Waals surface area contributed by atoms with Gasteiger partial charge in [-0.25, -0.2) is 0 Å². The molecule has 0 radical (unpaired) electrons. The van der Waals surface area contributed by atoms with Gasteiger partial charge in [0.2, 0.25) is 0 Å².